The summed E-state index contributed by atoms with van der Waals surface area (Å²) in [5.74, 6) is 2.81. The van der Waals surface area contributed by atoms with Crippen LogP contribution in [0.15, 0.2) is 18.2 Å². The molecule has 0 radical (unpaired) electrons. The Kier molecular flexibility index (Phi) is 6.20. The highest BCUT2D eigenvalue weighted by molar-refractivity contribution is 7.99. The number of thioether (sulfide) groups is 1. The molecule has 0 spiro atoms. The van der Waals surface area contributed by atoms with E-state index in [1.54, 1.807) is 11.8 Å². The van der Waals surface area contributed by atoms with Gasteiger partial charge >= 0.3 is 5.97 Å². The fraction of sp³-hybridized carbons (Fsp3) is 0.533. The molecule has 1 aliphatic heterocycles. The van der Waals surface area contributed by atoms with Crippen molar-refractivity contribution in [3.05, 3.63) is 23.8 Å². The number of methoxy groups -OCH3 is 1. The van der Waals surface area contributed by atoms with E-state index in [9.17, 15) is 4.79 Å². The minimum atomic E-state index is -0.188. The summed E-state index contributed by atoms with van der Waals surface area (Å²) in [5, 5.41) is 0. The molecular formula is C15H21NO4S. The second-order valence-corrected chi connectivity index (χ2v) is 5.91. The van der Waals surface area contributed by atoms with Crippen LogP contribution in [-0.4, -0.2) is 37.8 Å². The molecule has 1 atom stereocenters. The Balaban J connectivity index is 1.86. The lowest BCUT2D eigenvalue weighted by Crippen LogP contribution is -2.14. The maximum absolute atomic E-state index is 11.0. The number of ether oxygens (including phenoxy) is 3. The Labute approximate surface area is 129 Å². The summed E-state index contributed by atoms with van der Waals surface area (Å²) in [6.45, 7) is 1.35. The summed E-state index contributed by atoms with van der Waals surface area (Å²) in [5.41, 5.74) is 7.20. The predicted molar refractivity (Wildman–Crippen MR) is 82.9 cm³/mol. The van der Waals surface area contributed by atoms with Gasteiger partial charge in [-0.05, 0) is 17.7 Å². The van der Waals surface area contributed by atoms with E-state index in [4.69, 9.17) is 15.2 Å². The molecule has 1 heterocycles. The number of rotatable bonds is 6. The summed E-state index contributed by atoms with van der Waals surface area (Å²) in [4.78, 5) is 11.0. The average Bonchev–Trinajstić information content (AvgIpc) is 2.75. The van der Waals surface area contributed by atoms with Crippen LogP contribution >= 0.6 is 11.8 Å². The van der Waals surface area contributed by atoms with E-state index in [2.05, 4.69) is 4.74 Å². The largest absolute Gasteiger partial charge is 0.490 e. The molecule has 21 heavy (non-hydrogen) atoms. The summed E-state index contributed by atoms with van der Waals surface area (Å²) in [7, 11) is 1.40. The number of esters is 1. The molecule has 0 aromatic heterocycles. The Morgan fingerprint density at radius 3 is 2.90 bits per heavy atom. The van der Waals surface area contributed by atoms with Gasteiger partial charge in [0.05, 0.1) is 26.7 Å². The highest BCUT2D eigenvalue weighted by Crippen LogP contribution is 2.32. The van der Waals surface area contributed by atoms with Crippen molar-refractivity contribution in [3.8, 4) is 11.5 Å². The van der Waals surface area contributed by atoms with E-state index in [1.807, 2.05) is 18.2 Å². The zero-order valence-electron chi connectivity index (χ0n) is 12.2. The number of hydrogen-bond donors (Lipinski definition) is 1. The van der Waals surface area contributed by atoms with Crippen LogP contribution in [0.5, 0.6) is 11.5 Å². The molecule has 0 bridgehead atoms. The van der Waals surface area contributed by atoms with Crippen molar-refractivity contribution in [2.24, 2.45) is 5.73 Å². The van der Waals surface area contributed by atoms with E-state index < -0.39 is 0 Å². The second kappa shape index (κ2) is 8.14. The molecule has 0 saturated heterocycles. The number of benzene rings is 1. The van der Waals surface area contributed by atoms with E-state index in [-0.39, 0.29) is 12.0 Å². The topological polar surface area (TPSA) is 70.8 Å². The SMILES string of the molecule is COC(=O)CCSCC(N)c1ccc2c(c1)OCCCO2. The molecule has 0 aliphatic carbocycles. The smallest absolute Gasteiger partial charge is 0.306 e. The normalized spacial score (nSPS) is 15.1. The van der Waals surface area contributed by atoms with Gasteiger partial charge in [-0.1, -0.05) is 6.07 Å². The number of carbonyl (C=O) groups is 1. The minimum absolute atomic E-state index is 0.0928. The van der Waals surface area contributed by atoms with Crippen LogP contribution < -0.4 is 15.2 Å². The molecule has 0 fully saturated rings. The molecule has 2 rings (SSSR count). The van der Waals surface area contributed by atoms with Crippen LogP contribution in [0.2, 0.25) is 0 Å². The summed E-state index contributed by atoms with van der Waals surface area (Å²) in [6, 6.07) is 5.74. The van der Waals surface area contributed by atoms with Crippen LogP contribution in [0, 0.1) is 0 Å². The molecular weight excluding hydrogens is 290 g/mol. The molecule has 1 aromatic rings. The quantitative estimate of drug-likeness (QED) is 0.641. The highest BCUT2D eigenvalue weighted by Gasteiger charge is 2.14. The monoisotopic (exact) mass is 311 g/mol. The van der Waals surface area contributed by atoms with Gasteiger partial charge in [-0.3, -0.25) is 4.79 Å². The fourth-order valence-corrected chi connectivity index (χ4v) is 2.90. The molecule has 2 N–H and O–H groups in total. The highest BCUT2D eigenvalue weighted by atomic mass is 32.2. The van der Waals surface area contributed by atoms with Gasteiger partial charge in [0.2, 0.25) is 0 Å². The van der Waals surface area contributed by atoms with Gasteiger partial charge in [-0.2, -0.15) is 11.8 Å². The molecule has 1 unspecified atom stereocenters. The first kappa shape index (κ1) is 16.0. The van der Waals surface area contributed by atoms with Crippen molar-refractivity contribution < 1.29 is 19.0 Å². The number of hydrogen-bond acceptors (Lipinski definition) is 6. The van der Waals surface area contributed by atoms with Gasteiger partial charge in [0.15, 0.2) is 11.5 Å². The van der Waals surface area contributed by atoms with Gasteiger partial charge in [0.1, 0.15) is 0 Å². The zero-order chi connectivity index (χ0) is 15.1. The Hall–Kier alpha value is -1.40. The third-order valence-corrected chi connectivity index (χ3v) is 4.26. The molecule has 1 aliphatic rings. The Bertz CT molecular complexity index is 481. The Morgan fingerprint density at radius 1 is 1.38 bits per heavy atom. The molecule has 0 saturated carbocycles. The van der Waals surface area contributed by atoms with Crippen molar-refractivity contribution in [1.29, 1.82) is 0 Å². The van der Waals surface area contributed by atoms with Crippen molar-refractivity contribution in [2.75, 3.05) is 31.8 Å². The lowest BCUT2D eigenvalue weighted by Gasteiger charge is -2.14. The van der Waals surface area contributed by atoms with E-state index in [0.717, 1.165) is 29.2 Å². The zero-order valence-corrected chi connectivity index (χ0v) is 13.0. The molecule has 116 valence electrons. The average molecular weight is 311 g/mol. The fourth-order valence-electron chi connectivity index (χ4n) is 1.97. The third kappa shape index (κ3) is 4.82. The van der Waals surface area contributed by atoms with E-state index in [0.29, 0.717) is 25.4 Å². The van der Waals surface area contributed by atoms with E-state index in [1.165, 1.54) is 7.11 Å². The number of nitrogens with two attached hydrogens (primary N) is 1. The minimum Gasteiger partial charge on any atom is -0.490 e. The lowest BCUT2D eigenvalue weighted by atomic mass is 10.1. The van der Waals surface area contributed by atoms with Gasteiger partial charge in [-0.25, -0.2) is 0 Å². The van der Waals surface area contributed by atoms with Crippen molar-refractivity contribution in [3.63, 3.8) is 0 Å². The maximum Gasteiger partial charge on any atom is 0.306 e. The first-order chi connectivity index (χ1) is 10.2. The van der Waals surface area contributed by atoms with Crippen LogP contribution in [0.1, 0.15) is 24.4 Å². The molecule has 6 heteroatoms. The van der Waals surface area contributed by atoms with E-state index >= 15 is 0 Å². The third-order valence-electron chi connectivity index (χ3n) is 3.18. The summed E-state index contributed by atoms with van der Waals surface area (Å²) in [6.07, 6.45) is 1.30. The molecule has 1 aromatic carbocycles. The molecule has 0 amide bonds. The van der Waals surface area contributed by atoms with Crippen LogP contribution in [0.4, 0.5) is 0 Å². The van der Waals surface area contributed by atoms with Gasteiger partial charge in [0.25, 0.3) is 0 Å². The van der Waals surface area contributed by atoms with Crippen LogP contribution in [0.3, 0.4) is 0 Å². The van der Waals surface area contributed by atoms with Gasteiger partial charge in [0, 0.05) is 24.0 Å². The number of fused-ring (bicyclic) bond motifs is 1. The Morgan fingerprint density at radius 2 is 2.14 bits per heavy atom. The van der Waals surface area contributed by atoms with Crippen molar-refractivity contribution in [1.82, 2.24) is 0 Å². The van der Waals surface area contributed by atoms with Gasteiger partial charge in [-0.15, -0.1) is 0 Å². The first-order valence-corrected chi connectivity index (χ1v) is 8.16. The number of carbonyl (C=O) groups excluding carboxylic acids is 1. The summed E-state index contributed by atoms with van der Waals surface area (Å²) < 4.78 is 15.9. The van der Waals surface area contributed by atoms with Crippen molar-refractivity contribution >= 4 is 17.7 Å². The second-order valence-electron chi connectivity index (χ2n) is 4.76. The van der Waals surface area contributed by atoms with Crippen LogP contribution in [0.25, 0.3) is 0 Å². The first-order valence-electron chi connectivity index (χ1n) is 7.00. The van der Waals surface area contributed by atoms with Crippen LogP contribution in [-0.2, 0) is 9.53 Å². The lowest BCUT2D eigenvalue weighted by molar-refractivity contribution is -0.140. The predicted octanol–water partition coefficient (Wildman–Crippen LogP) is 2.14. The van der Waals surface area contributed by atoms with Crippen molar-refractivity contribution in [2.45, 2.75) is 18.9 Å². The maximum atomic E-state index is 11.0. The standard InChI is InChI=1S/C15H21NO4S/c1-18-15(17)5-8-21-10-12(16)11-3-4-13-14(9-11)20-7-2-6-19-13/h3-4,9,12H,2,5-8,10,16H2,1H3. The summed E-state index contributed by atoms with van der Waals surface area (Å²) >= 11 is 1.64. The molecule has 5 nitrogen and oxygen atoms in total. The van der Waals surface area contributed by atoms with Gasteiger partial charge < -0.3 is 19.9 Å².